The van der Waals surface area contributed by atoms with E-state index < -0.39 is 0 Å². The van der Waals surface area contributed by atoms with Gasteiger partial charge in [0.15, 0.2) is 0 Å². The van der Waals surface area contributed by atoms with Gasteiger partial charge in [-0.1, -0.05) is 17.2 Å². The number of nitrogen functional groups attached to an aromatic ring is 1. The summed E-state index contributed by atoms with van der Waals surface area (Å²) in [7, 11) is 0. The molecule has 0 spiro atoms. The van der Waals surface area contributed by atoms with Crippen LogP contribution in [0.5, 0.6) is 0 Å². The monoisotopic (exact) mass is 160 g/mol. The number of nitrogens with zero attached hydrogens (tertiary/aromatic N) is 2. The number of hydrogen-bond donors (Lipinski definition) is 1. The lowest BCUT2D eigenvalue weighted by Gasteiger charge is -1.89. The third-order valence-corrected chi connectivity index (χ3v) is 1.41. The number of anilines is 1. The fourth-order valence-electron chi connectivity index (χ4n) is 0.881. The summed E-state index contributed by atoms with van der Waals surface area (Å²) in [6, 6.07) is 10.2. The van der Waals surface area contributed by atoms with Crippen LogP contribution in [-0.2, 0) is 0 Å². The van der Waals surface area contributed by atoms with Crippen LogP contribution in [0.3, 0.4) is 0 Å². The second-order valence-electron chi connectivity index (χ2n) is 2.23. The zero-order chi connectivity index (χ0) is 8.39. The lowest BCUT2D eigenvalue weighted by atomic mass is 10.2. The summed E-state index contributed by atoms with van der Waals surface area (Å²) in [5.41, 5.74) is 6.11. The van der Waals surface area contributed by atoms with Gasteiger partial charge in [0.05, 0.1) is 0 Å². The third-order valence-electron chi connectivity index (χ3n) is 1.41. The predicted octanol–water partition coefficient (Wildman–Crippen LogP) is 1.12. The summed E-state index contributed by atoms with van der Waals surface area (Å²) in [4.78, 5) is 0. The van der Waals surface area contributed by atoms with E-state index in [1.54, 1.807) is 12.1 Å². The van der Waals surface area contributed by atoms with Crippen molar-refractivity contribution < 1.29 is 4.42 Å². The largest absolute Gasteiger partial charge is 0.404 e. The first-order valence-corrected chi connectivity index (χ1v) is 3.42. The van der Waals surface area contributed by atoms with Crippen molar-refractivity contribution >= 4 is 6.01 Å². The van der Waals surface area contributed by atoms with E-state index in [0.717, 1.165) is 5.56 Å². The molecule has 59 valence electrons. The highest BCUT2D eigenvalue weighted by molar-refractivity contribution is 5.52. The van der Waals surface area contributed by atoms with Gasteiger partial charge in [-0.3, -0.25) is 0 Å². The number of nitrogens with two attached hydrogens (primary N) is 1. The SMILES string of the molecule is Nc1nnc(-c2cc[c]cc2)o1. The fourth-order valence-corrected chi connectivity index (χ4v) is 0.881. The molecule has 2 aromatic rings. The quantitative estimate of drug-likeness (QED) is 0.678. The molecule has 0 unspecified atom stereocenters. The Kier molecular flexibility index (Phi) is 1.51. The van der Waals surface area contributed by atoms with Crippen LogP contribution >= 0.6 is 0 Å². The van der Waals surface area contributed by atoms with E-state index in [-0.39, 0.29) is 6.01 Å². The molecule has 0 amide bonds. The molecule has 0 aliphatic carbocycles. The van der Waals surface area contributed by atoms with Crippen molar-refractivity contribution in [3.63, 3.8) is 0 Å². The molecule has 0 atom stereocenters. The Bertz CT molecular complexity index is 369. The molecule has 1 radical (unpaired) electrons. The smallest absolute Gasteiger partial charge is 0.313 e. The molecule has 0 fully saturated rings. The van der Waals surface area contributed by atoms with Gasteiger partial charge < -0.3 is 10.2 Å². The van der Waals surface area contributed by atoms with Gasteiger partial charge in [0.1, 0.15) is 0 Å². The zero-order valence-corrected chi connectivity index (χ0v) is 6.19. The molecule has 0 saturated heterocycles. The van der Waals surface area contributed by atoms with Gasteiger partial charge in [-0.05, 0) is 18.2 Å². The van der Waals surface area contributed by atoms with Crippen LogP contribution in [0.1, 0.15) is 0 Å². The highest BCUT2D eigenvalue weighted by atomic mass is 16.4. The predicted molar refractivity (Wildman–Crippen MR) is 43.0 cm³/mol. The minimum atomic E-state index is 0.0813. The maximum absolute atomic E-state index is 5.27. The first kappa shape index (κ1) is 6.84. The molecule has 2 rings (SSSR count). The van der Waals surface area contributed by atoms with Crippen LogP contribution in [0.2, 0.25) is 0 Å². The van der Waals surface area contributed by atoms with E-state index in [4.69, 9.17) is 10.2 Å². The minimum Gasteiger partial charge on any atom is -0.404 e. The van der Waals surface area contributed by atoms with Crippen LogP contribution in [0, 0.1) is 6.07 Å². The van der Waals surface area contributed by atoms with Gasteiger partial charge in [-0.25, -0.2) is 0 Å². The van der Waals surface area contributed by atoms with E-state index in [1.165, 1.54) is 0 Å². The highest BCUT2D eigenvalue weighted by Gasteiger charge is 2.03. The minimum absolute atomic E-state index is 0.0813. The lowest BCUT2D eigenvalue weighted by Crippen LogP contribution is -1.81. The van der Waals surface area contributed by atoms with Gasteiger partial charge in [-0.15, -0.1) is 5.10 Å². The number of rotatable bonds is 1. The van der Waals surface area contributed by atoms with E-state index in [0.29, 0.717) is 5.89 Å². The molecule has 4 nitrogen and oxygen atoms in total. The Balaban J connectivity index is 2.45. The van der Waals surface area contributed by atoms with Crippen molar-refractivity contribution in [3.05, 3.63) is 30.3 Å². The molecule has 1 aromatic carbocycles. The normalized spacial score (nSPS) is 10.0. The molecule has 1 heterocycles. The summed E-state index contributed by atoms with van der Waals surface area (Å²) >= 11 is 0. The highest BCUT2D eigenvalue weighted by Crippen LogP contribution is 2.16. The molecule has 0 aliphatic rings. The van der Waals surface area contributed by atoms with Crippen molar-refractivity contribution in [2.45, 2.75) is 0 Å². The van der Waals surface area contributed by atoms with E-state index in [2.05, 4.69) is 16.3 Å². The van der Waals surface area contributed by atoms with Crippen molar-refractivity contribution in [1.29, 1.82) is 0 Å². The maximum Gasteiger partial charge on any atom is 0.313 e. The van der Waals surface area contributed by atoms with E-state index in [9.17, 15) is 0 Å². The Morgan fingerprint density at radius 1 is 1.25 bits per heavy atom. The van der Waals surface area contributed by atoms with Crippen molar-refractivity contribution in [2.24, 2.45) is 0 Å². The second kappa shape index (κ2) is 2.65. The molecule has 1 aromatic heterocycles. The van der Waals surface area contributed by atoms with Crippen molar-refractivity contribution in [2.75, 3.05) is 5.73 Å². The van der Waals surface area contributed by atoms with Crippen LogP contribution < -0.4 is 5.73 Å². The molecular formula is C8H6N3O. The molecule has 0 aliphatic heterocycles. The van der Waals surface area contributed by atoms with Gasteiger partial charge in [-0.2, -0.15) is 0 Å². The standard InChI is InChI=1S/C8H6N3O/c9-8-11-10-7(12-8)6-4-2-1-3-5-6/h2-5H,(H2,9,11). The van der Waals surface area contributed by atoms with Gasteiger partial charge in [0.2, 0.25) is 5.89 Å². The van der Waals surface area contributed by atoms with Crippen LogP contribution in [-0.4, -0.2) is 10.2 Å². The Hall–Kier alpha value is -1.84. The topological polar surface area (TPSA) is 64.9 Å². The van der Waals surface area contributed by atoms with E-state index in [1.807, 2.05) is 12.1 Å². The molecule has 12 heavy (non-hydrogen) atoms. The number of hydrogen-bond acceptors (Lipinski definition) is 4. The molecule has 0 saturated carbocycles. The Morgan fingerprint density at radius 2 is 2.00 bits per heavy atom. The van der Waals surface area contributed by atoms with Crippen molar-refractivity contribution in [1.82, 2.24) is 10.2 Å². The number of aromatic nitrogens is 2. The Labute approximate surface area is 69.0 Å². The average molecular weight is 160 g/mol. The maximum atomic E-state index is 5.27. The first-order valence-electron chi connectivity index (χ1n) is 3.42. The third kappa shape index (κ3) is 1.14. The molecule has 0 bridgehead atoms. The summed E-state index contributed by atoms with van der Waals surface area (Å²) in [5, 5.41) is 7.27. The summed E-state index contributed by atoms with van der Waals surface area (Å²) in [6.45, 7) is 0. The fraction of sp³-hybridized carbons (Fsp3) is 0. The summed E-state index contributed by atoms with van der Waals surface area (Å²) in [5.74, 6) is 0.432. The van der Waals surface area contributed by atoms with Crippen molar-refractivity contribution in [3.8, 4) is 11.5 Å². The zero-order valence-electron chi connectivity index (χ0n) is 6.19. The summed E-state index contributed by atoms with van der Waals surface area (Å²) < 4.78 is 5.01. The second-order valence-corrected chi connectivity index (χ2v) is 2.23. The van der Waals surface area contributed by atoms with Crippen LogP contribution in [0.25, 0.3) is 11.5 Å². The number of benzene rings is 1. The van der Waals surface area contributed by atoms with Crippen LogP contribution in [0.4, 0.5) is 6.01 Å². The van der Waals surface area contributed by atoms with Crippen LogP contribution in [0.15, 0.2) is 28.7 Å². The van der Waals surface area contributed by atoms with E-state index >= 15 is 0 Å². The lowest BCUT2D eigenvalue weighted by molar-refractivity contribution is 0.590. The molecule has 2 N–H and O–H groups in total. The summed E-state index contributed by atoms with van der Waals surface area (Å²) in [6.07, 6.45) is 0. The van der Waals surface area contributed by atoms with Gasteiger partial charge in [0.25, 0.3) is 0 Å². The Morgan fingerprint density at radius 3 is 2.58 bits per heavy atom. The average Bonchev–Trinajstić information content (AvgIpc) is 2.54. The van der Waals surface area contributed by atoms with Gasteiger partial charge in [0, 0.05) is 5.56 Å². The molecule has 4 heteroatoms. The first-order chi connectivity index (χ1) is 5.86. The molecular weight excluding hydrogens is 154 g/mol. The van der Waals surface area contributed by atoms with Gasteiger partial charge >= 0.3 is 6.01 Å².